The molecule has 2 aliphatic carbocycles. The van der Waals surface area contributed by atoms with Crippen LogP contribution in [0, 0.1) is 29.6 Å². The minimum Gasteiger partial charge on any atom is -0.461 e. The Hall–Kier alpha value is -1.70. The highest BCUT2D eigenvalue weighted by atomic mass is 16.5. The quantitative estimate of drug-likeness (QED) is 0.237. The molecule has 0 aromatic rings. The van der Waals surface area contributed by atoms with Crippen LogP contribution in [0.1, 0.15) is 66.2 Å². The van der Waals surface area contributed by atoms with E-state index in [0.717, 1.165) is 19.3 Å². The van der Waals surface area contributed by atoms with Gasteiger partial charge in [0, 0.05) is 5.92 Å². The van der Waals surface area contributed by atoms with E-state index in [1.165, 1.54) is 11.1 Å². The Bertz CT molecular complexity index is 675. The standard InChI is InChI=1S/C24H39NO6/c1-5-15(3)24(29)31-21-11-14(2)10-17-7-6-16(4)20(23(17)21)9-8-18(26)12-19(27)13-22(28)25-30/h6-7,10,14-16,18-21,23,26-27,30H,5,8-9,11-13H2,1-4H3,(H,25,28)/t14-,15-,16-,18+,19+,20-,21-,23-/m0/s1. The number of carbonyl (C=O) groups excluding carboxylic acids is 2. The summed E-state index contributed by atoms with van der Waals surface area (Å²) in [5.74, 6) is -0.0302. The number of esters is 1. The molecule has 0 heterocycles. The second kappa shape index (κ2) is 11.8. The van der Waals surface area contributed by atoms with Crippen molar-refractivity contribution in [1.29, 1.82) is 0 Å². The first-order chi connectivity index (χ1) is 14.7. The van der Waals surface area contributed by atoms with Crippen LogP contribution in [-0.4, -0.2) is 45.6 Å². The number of hydrogen-bond donors (Lipinski definition) is 4. The van der Waals surface area contributed by atoms with Crippen LogP contribution in [0.15, 0.2) is 23.8 Å². The summed E-state index contributed by atoms with van der Waals surface area (Å²) < 4.78 is 6.01. The molecule has 0 aromatic carbocycles. The van der Waals surface area contributed by atoms with Gasteiger partial charge < -0.3 is 14.9 Å². The lowest BCUT2D eigenvalue weighted by molar-refractivity contribution is -0.158. The third kappa shape index (κ3) is 7.16. The summed E-state index contributed by atoms with van der Waals surface area (Å²) in [6.45, 7) is 8.16. The normalized spacial score (nSPS) is 30.5. The van der Waals surface area contributed by atoms with Crippen LogP contribution in [-0.2, 0) is 14.3 Å². The molecule has 2 rings (SSSR count). The van der Waals surface area contributed by atoms with Crippen molar-refractivity contribution in [1.82, 2.24) is 5.48 Å². The van der Waals surface area contributed by atoms with Gasteiger partial charge in [0.25, 0.3) is 0 Å². The molecule has 7 nitrogen and oxygen atoms in total. The predicted molar refractivity (Wildman–Crippen MR) is 117 cm³/mol. The number of hydrogen-bond acceptors (Lipinski definition) is 6. The predicted octanol–water partition coefficient (Wildman–Crippen LogP) is 3.14. The maximum atomic E-state index is 12.5. The zero-order chi connectivity index (χ0) is 23.1. The van der Waals surface area contributed by atoms with E-state index in [4.69, 9.17) is 9.94 Å². The third-order valence-corrected chi connectivity index (χ3v) is 6.80. The lowest BCUT2D eigenvalue weighted by Crippen LogP contribution is -2.41. The monoisotopic (exact) mass is 437 g/mol. The van der Waals surface area contributed by atoms with Gasteiger partial charge in [-0.15, -0.1) is 0 Å². The van der Waals surface area contributed by atoms with Crippen LogP contribution in [0.2, 0.25) is 0 Å². The van der Waals surface area contributed by atoms with Crippen molar-refractivity contribution in [3.63, 3.8) is 0 Å². The van der Waals surface area contributed by atoms with Crippen LogP contribution >= 0.6 is 0 Å². The summed E-state index contributed by atoms with van der Waals surface area (Å²) in [7, 11) is 0. The number of nitrogens with one attached hydrogen (secondary N) is 1. The van der Waals surface area contributed by atoms with E-state index in [1.54, 1.807) is 0 Å². The fourth-order valence-electron chi connectivity index (χ4n) is 4.81. The molecule has 0 fully saturated rings. The molecule has 2 aliphatic rings. The van der Waals surface area contributed by atoms with Crippen molar-refractivity contribution < 1.29 is 29.7 Å². The first-order valence-electron chi connectivity index (χ1n) is 11.6. The molecule has 8 atom stereocenters. The highest BCUT2D eigenvalue weighted by Gasteiger charge is 2.41. The Kier molecular flexibility index (Phi) is 9.72. The highest BCUT2D eigenvalue weighted by molar-refractivity contribution is 5.75. The number of carbonyl (C=O) groups is 2. The lowest BCUT2D eigenvalue weighted by atomic mass is 9.65. The summed E-state index contributed by atoms with van der Waals surface area (Å²) in [5, 5.41) is 28.9. The van der Waals surface area contributed by atoms with Gasteiger partial charge in [0.15, 0.2) is 0 Å². The Labute approximate surface area is 185 Å². The Balaban J connectivity index is 2.06. The average molecular weight is 438 g/mol. The molecule has 0 aliphatic heterocycles. The molecular weight excluding hydrogens is 398 g/mol. The minimum absolute atomic E-state index is 0.0706. The number of allylic oxidation sites excluding steroid dienone is 3. The first kappa shape index (κ1) is 25.6. The van der Waals surface area contributed by atoms with Crippen molar-refractivity contribution in [2.75, 3.05) is 0 Å². The Morgan fingerprint density at radius 2 is 1.97 bits per heavy atom. The maximum absolute atomic E-state index is 12.5. The molecular formula is C24H39NO6. The highest BCUT2D eigenvalue weighted by Crippen LogP contribution is 2.45. The van der Waals surface area contributed by atoms with Crippen LogP contribution in [0.5, 0.6) is 0 Å². The van der Waals surface area contributed by atoms with Crippen molar-refractivity contribution in [3.05, 3.63) is 23.8 Å². The summed E-state index contributed by atoms with van der Waals surface area (Å²) >= 11 is 0. The molecule has 31 heavy (non-hydrogen) atoms. The fraction of sp³-hybridized carbons (Fsp3) is 0.750. The van der Waals surface area contributed by atoms with E-state index in [9.17, 15) is 19.8 Å². The van der Waals surface area contributed by atoms with Gasteiger partial charge >= 0.3 is 5.97 Å². The molecule has 176 valence electrons. The molecule has 0 spiro atoms. The van der Waals surface area contributed by atoms with Crippen molar-refractivity contribution in [2.24, 2.45) is 29.6 Å². The van der Waals surface area contributed by atoms with E-state index in [2.05, 4.69) is 32.1 Å². The van der Waals surface area contributed by atoms with Crippen molar-refractivity contribution in [3.8, 4) is 0 Å². The number of fused-ring (bicyclic) bond motifs is 1. The van der Waals surface area contributed by atoms with Crippen LogP contribution in [0.25, 0.3) is 0 Å². The Morgan fingerprint density at radius 1 is 1.26 bits per heavy atom. The molecule has 4 N–H and O–H groups in total. The van der Waals surface area contributed by atoms with Gasteiger partial charge in [-0.2, -0.15) is 0 Å². The second-order valence-corrected chi connectivity index (χ2v) is 9.43. The summed E-state index contributed by atoms with van der Waals surface area (Å²) in [4.78, 5) is 23.7. The summed E-state index contributed by atoms with van der Waals surface area (Å²) in [6, 6.07) is 0. The fourth-order valence-corrected chi connectivity index (χ4v) is 4.81. The first-order valence-corrected chi connectivity index (χ1v) is 11.6. The SMILES string of the molecule is CC[C@H](C)C(=O)O[C@H]1C[C@@H](C)C=C2C=C[C@H](C)[C@H](CC[C@@H](O)C[C@@H](O)CC(=O)NO)[C@H]21. The Morgan fingerprint density at radius 3 is 2.61 bits per heavy atom. The largest absolute Gasteiger partial charge is 0.461 e. The van der Waals surface area contributed by atoms with Crippen LogP contribution < -0.4 is 5.48 Å². The number of hydroxylamine groups is 1. The second-order valence-electron chi connectivity index (χ2n) is 9.43. The molecule has 0 saturated heterocycles. The van der Waals surface area contributed by atoms with E-state index in [-0.39, 0.29) is 48.6 Å². The molecule has 0 radical (unpaired) electrons. The van der Waals surface area contributed by atoms with Gasteiger partial charge in [-0.25, -0.2) is 5.48 Å². The number of aliphatic hydroxyl groups is 2. The smallest absolute Gasteiger partial charge is 0.308 e. The van der Waals surface area contributed by atoms with Crippen LogP contribution in [0.4, 0.5) is 0 Å². The number of amides is 1. The minimum atomic E-state index is -1.01. The number of aliphatic hydroxyl groups excluding tert-OH is 2. The topological polar surface area (TPSA) is 116 Å². The molecule has 0 unspecified atom stereocenters. The molecule has 1 amide bonds. The average Bonchev–Trinajstić information content (AvgIpc) is 2.72. The number of ether oxygens (including phenoxy) is 1. The van der Waals surface area contributed by atoms with Gasteiger partial charge in [-0.3, -0.25) is 14.8 Å². The van der Waals surface area contributed by atoms with Gasteiger partial charge in [0.1, 0.15) is 6.10 Å². The van der Waals surface area contributed by atoms with Gasteiger partial charge in [0.05, 0.1) is 24.5 Å². The zero-order valence-corrected chi connectivity index (χ0v) is 19.2. The van der Waals surface area contributed by atoms with E-state index >= 15 is 0 Å². The third-order valence-electron chi connectivity index (χ3n) is 6.80. The van der Waals surface area contributed by atoms with Gasteiger partial charge in [0.2, 0.25) is 5.91 Å². The molecule has 0 bridgehead atoms. The van der Waals surface area contributed by atoms with E-state index in [1.807, 2.05) is 13.8 Å². The van der Waals surface area contributed by atoms with Crippen molar-refractivity contribution >= 4 is 11.9 Å². The van der Waals surface area contributed by atoms with E-state index < -0.39 is 18.1 Å². The summed E-state index contributed by atoms with van der Waals surface area (Å²) in [5.41, 5.74) is 2.70. The molecule has 0 saturated carbocycles. The molecule has 7 heteroatoms. The van der Waals surface area contributed by atoms with Gasteiger partial charge in [-0.1, -0.05) is 45.9 Å². The zero-order valence-electron chi connectivity index (χ0n) is 19.2. The van der Waals surface area contributed by atoms with Crippen molar-refractivity contribution in [2.45, 2.75) is 84.5 Å². The van der Waals surface area contributed by atoms with Gasteiger partial charge in [-0.05, 0) is 55.4 Å². The molecule has 0 aromatic heterocycles. The maximum Gasteiger partial charge on any atom is 0.308 e. The van der Waals surface area contributed by atoms with Crippen LogP contribution in [0.3, 0.4) is 0 Å². The summed E-state index contributed by atoms with van der Waals surface area (Å²) in [6.07, 6.45) is 7.22. The van der Waals surface area contributed by atoms with E-state index in [0.29, 0.717) is 12.3 Å². The lowest BCUT2D eigenvalue weighted by Gasteiger charge is -2.43. The number of rotatable bonds is 10.